The molecule has 0 aromatic heterocycles. The number of carboxylic acid groups (broad SMARTS) is 1. The van der Waals surface area contributed by atoms with Gasteiger partial charge in [0.2, 0.25) is 0 Å². The quantitative estimate of drug-likeness (QED) is 0.809. The van der Waals surface area contributed by atoms with E-state index in [1.54, 1.807) is 0 Å². The number of carbonyl (C=O) groups is 1. The molecule has 0 aliphatic carbocycles. The van der Waals surface area contributed by atoms with Gasteiger partial charge in [0.25, 0.3) is 0 Å². The predicted molar refractivity (Wildman–Crippen MR) is 61.4 cm³/mol. The van der Waals surface area contributed by atoms with Crippen LogP contribution in [-0.2, 0) is 10.5 Å². The fraction of sp³-hybridized carbons (Fsp3) is 0.364. The third-order valence-corrected chi connectivity index (χ3v) is 2.72. The van der Waals surface area contributed by atoms with Gasteiger partial charge in [-0.2, -0.15) is 0 Å². The first-order valence-electron chi connectivity index (χ1n) is 4.74. The van der Waals surface area contributed by atoms with Crippen LogP contribution in [0.25, 0.3) is 0 Å². The Hall–Kier alpha value is -1.16. The molecule has 1 aromatic carbocycles. The molecule has 0 spiro atoms. The molecular weight excluding hydrogens is 212 g/mol. The van der Waals surface area contributed by atoms with Crippen molar-refractivity contribution in [3.8, 4) is 5.75 Å². The van der Waals surface area contributed by atoms with Crippen molar-refractivity contribution in [3.05, 3.63) is 29.8 Å². The molecule has 1 rings (SSSR count). The Labute approximate surface area is 93.4 Å². The average Bonchev–Trinajstić information content (AvgIpc) is 2.20. The summed E-state index contributed by atoms with van der Waals surface area (Å²) in [5, 5.41) is 8.51. The zero-order valence-electron chi connectivity index (χ0n) is 8.60. The zero-order valence-corrected chi connectivity index (χ0v) is 9.42. The summed E-state index contributed by atoms with van der Waals surface area (Å²) < 4.78 is 5.43. The van der Waals surface area contributed by atoms with E-state index in [-0.39, 0.29) is 5.75 Å². The number of rotatable bonds is 6. The number of thioether (sulfide) groups is 1. The lowest BCUT2D eigenvalue weighted by atomic mass is 10.2. The average molecular weight is 226 g/mol. The summed E-state index contributed by atoms with van der Waals surface area (Å²) in [6, 6.07) is 7.70. The summed E-state index contributed by atoms with van der Waals surface area (Å²) in [6.45, 7) is 2.56. The fourth-order valence-corrected chi connectivity index (χ4v) is 1.90. The number of hydrogen-bond donors (Lipinski definition) is 1. The second kappa shape index (κ2) is 6.35. The third kappa shape index (κ3) is 4.25. The Morgan fingerprint density at radius 1 is 1.47 bits per heavy atom. The topological polar surface area (TPSA) is 46.5 Å². The van der Waals surface area contributed by atoms with Crippen molar-refractivity contribution in [2.45, 2.75) is 12.7 Å². The lowest BCUT2D eigenvalue weighted by Crippen LogP contribution is -1.99. The molecule has 0 heterocycles. The second-order valence-electron chi connectivity index (χ2n) is 2.93. The van der Waals surface area contributed by atoms with Gasteiger partial charge < -0.3 is 9.84 Å². The smallest absolute Gasteiger partial charge is 0.313 e. The molecule has 82 valence electrons. The summed E-state index contributed by atoms with van der Waals surface area (Å²) in [5.74, 6) is 0.856. The molecule has 3 nitrogen and oxygen atoms in total. The molecule has 1 N–H and O–H groups in total. The SMILES string of the molecule is CCOc1ccccc1CSCC(=O)O. The van der Waals surface area contributed by atoms with E-state index < -0.39 is 5.97 Å². The van der Waals surface area contributed by atoms with Crippen LogP contribution in [0, 0.1) is 0 Å². The van der Waals surface area contributed by atoms with Crippen LogP contribution < -0.4 is 4.74 Å². The highest BCUT2D eigenvalue weighted by atomic mass is 32.2. The molecule has 1 aromatic rings. The molecule has 0 radical (unpaired) electrons. The number of hydrogen-bond acceptors (Lipinski definition) is 3. The minimum atomic E-state index is -0.783. The van der Waals surface area contributed by atoms with Gasteiger partial charge in [0.15, 0.2) is 0 Å². The van der Waals surface area contributed by atoms with Crippen LogP contribution in [0.4, 0.5) is 0 Å². The Bertz CT molecular complexity index is 325. The Balaban J connectivity index is 2.55. The molecular formula is C11H14O3S. The molecule has 0 aliphatic heterocycles. The summed E-state index contributed by atoms with van der Waals surface area (Å²) >= 11 is 1.37. The first kappa shape index (κ1) is 11.9. The predicted octanol–water partition coefficient (Wildman–Crippen LogP) is 2.40. The van der Waals surface area contributed by atoms with E-state index >= 15 is 0 Å². The number of benzene rings is 1. The number of para-hydroxylation sites is 1. The van der Waals surface area contributed by atoms with Gasteiger partial charge in [0.1, 0.15) is 5.75 Å². The molecule has 0 saturated carbocycles. The number of carboxylic acids is 1. The van der Waals surface area contributed by atoms with Crippen LogP contribution in [0.2, 0.25) is 0 Å². The van der Waals surface area contributed by atoms with Gasteiger partial charge in [-0.15, -0.1) is 11.8 Å². The largest absolute Gasteiger partial charge is 0.494 e. The highest BCUT2D eigenvalue weighted by molar-refractivity contribution is 7.99. The summed E-state index contributed by atoms with van der Waals surface area (Å²) in [6.07, 6.45) is 0. The van der Waals surface area contributed by atoms with E-state index in [1.165, 1.54) is 11.8 Å². The van der Waals surface area contributed by atoms with Crippen LogP contribution in [0.1, 0.15) is 12.5 Å². The van der Waals surface area contributed by atoms with E-state index in [2.05, 4.69) is 0 Å². The molecule has 0 fully saturated rings. The maximum atomic E-state index is 10.3. The standard InChI is InChI=1S/C11H14O3S/c1-2-14-10-6-4-3-5-9(10)7-15-8-11(12)13/h3-6H,2,7-8H2,1H3,(H,12,13). The molecule has 0 bridgehead atoms. The lowest BCUT2D eigenvalue weighted by molar-refractivity contribution is -0.133. The third-order valence-electron chi connectivity index (χ3n) is 1.76. The van der Waals surface area contributed by atoms with Crippen molar-refractivity contribution < 1.29 is 14.6 Å². The van der Waals surface area contributed by atoms with Crippen LogP contribution in [0.5, 0.6) is 5.75 Å². The molecule has 4 heteroatoms. The molecule has 0 atom stereocenters. The van der Waals surface area contributed by atoms with Gasteiger partial charge in [0.05, 0.1) is 12.4 Å². The minimum absolute atomic E-state index is 0.125. The fourth-order valence-electron chi connectivity index (χ4n) is 1.17. The Morgan fingerprint density at radius 3 is 2.87 bits per heavy atom. The van der Waals surface area contributed by atoms with Crippen LogP contribution in [0.3, 0.4) is 0 Å². The van der Waals surface area contributed by atoms with E-state index in [1.807, 2.05) is 31.2 Å². The van der Waals surface area contributed by atoms with Crippen molar-refractivity contribution in [1.29, 1.82) is 0 Å². The maximum Gasteiger partial charge on any atom is 0.313 e. The van der Waals surface area contributed by atoms with E-state index in [0.29, 0.717) is 12.4 Å². The van der Waals surface area contributed by atoms with Crippen LogP contribution in [0.15, 0.2) is 24.3 Å². The lowest BCUT2D eigenvalue weighted by Gasteiger charge is -2.08. The van der Waals surface area contributed by atoms with Gasteiger partial charge in [-0.05, 0) is 13.0 Å². The molecule has 0 amide bonds. The van der Waals surface area contributed by atoms with Gasteiger partial charge in [-0.3, -0.25) is 4.79 Å². The summed E-state index contributed by atoms with van der Waals surface area (Å²) in [7, 11) is 0. The van der Waals surface area contributed by atoms with Crippen molar-refractivity contribution in [2.75, 3.05) is 12.4 Å². The van der Waals surface area contributed by atoms with Crippen LogP contribution >= 0.6 is 11.8 Å². The number of ether oxygens (including phenoxy) is 1. The van der Waals surface area contributed by atoms with Crippen molar-refractivity contribution in [2.24, 2.45) is 0 Å². The van der Waals surface area contributed by atoms with E-state index in [9.17, 15) is 4.79 Å². The van der Waals surface area contributed by atoms with Gasteiger partial charge >= 0.3 is 5.97 Å². The highest BCUT2D eigenvalue weighted by Crippen LogP contribution is 2.22. The highest BCUT2D eigenvalue weighted by Gasteiger charge is 2.03. The summed E-state index contributed by atoms with van der Waals surface area (Å²) in [4.78, 5) is 10.3. The number of aliphatic carboxylic acids is 1. The van der Waals surface area contributed by atoms with E-state index in [0.717, 1.165) is 11.3 Å². The van der Waals surface area contributed by atoms with E-state index in [4.69, 9.17) is 9.84 Å². The monoisotopic (exact) mass is 226 g/mol. The molecule has 0 unspecified atom stereocenters. The van der Waals surface area contributed by atoms with Crippen molar-refractivity contribution in [1.82, 2.24) is 0 Å². The zero-order chi connectivity index (χ0) is 11.1. The van der Waals surface area contributed by atoms with Gasteiger partial charge in [-0.1, -0.05) is 18.2 Å². The first-order chi connectivity index (χ1) is 7.24. The first-order valence-corrected chi connectivity index (χ1v) is 5.89. The van der Waals surface area contributed by atoms with Crippen molar-refractivity contribution >= 4 is 17.7 Å². The Kier molecular flexibility index (Phi) is 5.04. The van der Waals surface area contributed by atoms with Gasteiger partial charge in [-0.25, -0.2) is 0 Å². The Morgan fingerprint density at radius 2 is 2.20 bits per heavy atom. The van der Waals surface area contributed by atoms with Crippen molar-refractivity contribution in [3.63, 3.8) is 0 Å². The second-order valence-corrected chi connectivity index (χ2v) is 3.91. The normalized spacial score (nSPS) is 9.93. The summed E-state index contributed by atoms with van der Waals surface area (Å²) in [5.41, 5.74) is 1.05. The molecule has 0 saturated heterocycles. The minimum Gasteiger partial charge on any atom is -0.494 e. The maximum absolute atomic E-state index is 10.3. The van der Waals surface area contributed by atoms with Gasteiger partial charge in [0, 0.05) is 11.3 Å². The molecule has 0 aliphatic rings. The molecule has 15 heavy (non-hydrogen) atoms. The van der Waals surface area contributed by atoms with Crippen LogP contribution in [-0.4, -0.2) is 23.4 Å².